The molecule has 2 heterocycles. The lowest BCUT2D eigenvalue weighted by atomic mass is 9.97. The highest BCUT2D eigenvalue weighted by Gasteiger charge is 2.28. The summed E-state index contributed by atoms with van der Waals surface area (Å²) in [5.41, 5.74) is 2.83. The standard InChI is InChI=1S/C28H27FN4O2/c29-23-13-5-4-11-21(23)17-30-27(34)22-12-8-16-32(19-22)26-28(35)33(18-20-9-2-1-3-10-20)25-15-7-6-14-24(25)31-26/h1-7,9-11,13-15,22H,8,12,16-19H2,(H,30,34). The number of anilines is 1. The molecule has 0 saturated carbocycles. The van der Waals surface area contributed by atoms with E-state index in [-0.39, 0.29) is 29.7 Å². The Hall–Kier alpha value is -4.00. The molecule has 35 heavy (non-hydrogen) atoms. The molecule has 1 N–H and O–H groups in total. The quantitative estimate of drug-likeness (QED) is 0.461. The smallest absolute Gasteiger partial charge is 0.294 e. The molecule has 0 aliphatic carbocycles. The summed E-state index contributed by atoms with van der Waals surface area (Å²) in [6.07, 6.45) is 1.48. The van der Waals surface area contributed by atoms with E-state index in [1.807, 2.05) is 59.5 Å². The molecule has 3 aromatic carbocycles. The Balaban J connectivity index is 1.39. The number of nitrogens with zero attached hydrogens (tertiary/aromatic N) is 3. The van der Waals surface area contributed by atoms with Crippen LogP contribution in [0, 0.1) is 11.7 Å². The fourth-order valence-corrected chi connectivity index (χ4v) is 4.66. The van der Waals surface area contributed by atoms with Crippen LogP contribution >= 0.6 is 0 Å². The first-order valence-corrected chi connectivity index (χ1v) is 11.9. The van der Waals surface area contributed by atoms with E-state index in [2.05, 4.69) is 5.32 Å². The van der Waals surface area contributed by atoms with Crippen molar-refractivity contribution in [2.75, 3.05) is 18.0 Å². The molecule has 6 nitrogen and oxygen atoms in total. The topological polar surface area (TPSA) is 67.2 Å². The van der Waals surface area contributed by atoms with Gasteiger partial charge in [0.15, 0.2) is 5.82 Å². The van der Waals surface area contributed by atoms with Crippen LogP contribution in [0.1, 0.15) is 24.0 Å². The molecule has 0 bridgehead atoms. The van der Waals surface area contributed by atoms with Crippen LogP contribution in [0.3, 0.4) is 0 Å². The Morgan fingerprint density at radius 2 is 1.74 bits per heavy atom. The summed E-state index contributed by atoms with van der Waals surface area (Å²) in [6, 6.07) is 23.9. The summed E-state index contributed by atoms with van der Waals surface area (Å²) in [7, 11) is 0. The molecule has 7 heteroatoms. The van der Waals surface area contributed by atoms with Crippen LogP contribution in [-0.2, 0) is 17.9 Å². The van der Waals surface area contributed by atoms with Crippen LogP contribution in [0.5, 0.6) is 0 Å². The summed E-state index contributed by atoms with van der Waals surface area (Å²) in [4.78, 5) is 33.2. The number of para-hydroxylation sites is 2. The lowest BCUT2D eigenvalue weighted by molar-refractivity contribution is -0.125. The zero-order valence-corrected chi connectivity index (χ0v) is 19.4. The van der Waals surface area contributed by atoms with Gasteiger partial charge in [-0.25, -0.2) is 9.37 Å². The van der Waals surface area contributed by atoms with Crippen molar-refractivity contribution in [2.24, 2.45) is 5.92 Å². The monoisotopic (exact) mass is 470 g/mol. The van der Waals surface area contributed by atoms with Crippen LogP contribution in [0.25, 0.3) is 11.0 Å². The van der Waals surface area contributed by atoms with Crippen LogP contribution in [0.15, 0.2) is 83.7 Å². The van der Waals surface area contributed by atoms with E-state index in [9.17, 15) is 14.0 Å². The maximum atomic E-state index is 13.9. The highest BCUT2D eigenvalue weighted by atomic mass is 19.1. The summed E-state index contributed by atoms with van der Waals surface area (Å²) >= 11 is 0. The molecular formula is C28H27FN4O2. The van der Waals surface area contributed by atoms with Crippen LogP contribution in [-0.4, -0.2) is 28.5 Å². The molecule has 1 fully saturated rings. The second kappa shape index (κ2) is 10.1. The fourth-order valence-electron chi connectivity index (χ4n) is 4.66. The van der Waals surface area contributed by atoms with Crippen molar-refractivity contribution in [3.63, 3.8) is 0 Å². The minimum atomic E-state index is -0.336. The fraction of sp³-hybridized carbons (Fsp3) is 0.250. The van der Waals surface area contributed by atoms with Crippen molar-refractivity contribution in [3.05, 3.63) is 106 Å². The molecule has 1 atom stereocenters. The summed E-state index contributed by atoms with van der Waals surface area (Å²) in [5.74, 6) is -0.405. The van der Waals surface area contributed by atoms with Crippen LogP contribution < -0.4 is 15.8 Å². The summed E-state index contributed by atoms with van der Waals surface area (Å²) in [6.45, 7) is 1.63. The predicted octanol–water partition coefficient (Wildman–Crippen LogP) is 4.12. The molecule has 1 saturated heterocycles. The third kappa shape index (κ3) is 4.94. The van der Waals surface area contributed by atoms with Gasteiger partial charge < -0.3 is 10.2 Å². The normalized spacial score (nSPS) is 15.8. The van der Waals surface area contributed by atoms with Gasteiger partial charge in [0.1, 0.15) is 5.82 Å². The third-order valence-electron chi connectivity index (χ3n) is 6.52. The number of benzene rings is 3. The average molecular weight is 471 g/mol. The molecule has 1 unspecified atom stereocenters. The largest absolute Gasteiger partial charge is 0.352 e. The van der Waals surface area contributed by atoms with Gasteiger partial charge in [-0.3, -0.25) is 14.2 Å². The minimum Gasteiger partial charge on any atom is -0.352 e. The van der Waals surface area contributed by atoms with Crippen molar-refractivity contribution >= 4 is 22.8 Å². The molecule has 1 aromatic heterocycles. The van der Waals surface area contributed by atoms with E-state index in [0.29, 0.717) is 37.4 Å². The zero-order valence-electron chi connectivity index (χ0n) is 19.4. The van der Waals surface area contributed by atoms with E-state index in [4.69, 9.17) is 4.98 Å². The molecule has 0 spiro atoms. The number of rotatable bonds is 6. The molecule has 178 valence electrons. The number of fused-ring (bicyclic) bond motifs is 1. The van der Waals surface area contributed by atoms with Gasteiger partial charge >= 0.3 is 0 Å². The van der Waals surface area contributed by atoms with Gasteiger partial charge in [-0.1, -0.05) is 60.7 Å². The average Bonchev–Trinajstić information content (AvgIpc) is 2.90. The van der Waals surface area contributed by atoms with Gasteiger partial charge in [0, 0.05) is 25.2 Å². The molecule has 5 rings (SSSR count). The van der Waals surface area contributed by atoms with Crippen LogP contribution in [0.4, 0.5) is 10.2 Å². The van der Waals surface area contributed by atoms with Gasteiger partial charge in [0.05, 0.1) is 23.5 Å². The van der Waals surface area contributed by atoms with Crippen molar-refractivity contribution < 1.29 is 9.18 Å². The summed E-state index contributed by atoms with van der Waals surface area (Å²) in [5, 5.41) is 2.86. The number of hydrogen-bond acceptors (Lipinski definition) is 4. The molecule has 1 aliphatic heterocycles. The SMILES string of the molecule is O=C(NCc1ccccc1F)C1CCCN(c2nc3ccccc3n(Cc3ccccc3)c2=O)C1. The number of halogens is 1. The third-order valence-corrected chi connectivity index (χ3v) is 6.52. The lowest BCUT2D eigenvalue weighted by Crippen LogP contribution is -2.45. The lowest BCUT2D eigenvalue weighted by Gasteiger charge is -2.32. The number of hydrogen-bond donors (Lipinski definition) is 1. The maximum absolute atomic E-state index is 13.9. The highest BCUT2D eigenvalue weighted by molar-refractivity contribution is 5.80. The number of carbonyl (C=O) groups excluding carboxylic acids is 1. The van der Waals surface area contributed by atoms with Crippen molar-refractivity contribution in [3.8, 4) is 0 Å². The molecule has 1 aliphatic rings. The Kier molecular flexibility index (Phi) is 6.57. The Bertz CT molecular complexity index is 1400. The molecule has 1 amide bonds. The van der Waals surface area contributed by atoms with Crippen LogP contribution in [0.2, 0.25) is 0 Å². The second-order valence-corrected chi connectivity index (χ2v) is 8.90. The van der Waals surface area contributed by atoms with Crippen molar-refractivity contribution in [1.82, 2.24) is 14.9 Å². The number of amides is 1. The van der Waals surface area contributed by atoms with Gasteiger partial charge in [0.2, 0.25) is 5.91 Å². The number of piperidine rings is 1. The first-order chi connectivity index (χ1) is 17.1. The Labute approximate surface area is 203 Å². The molecular weight excluding hydrogens is 443 g/mol. The predicted molar refractivity (Wildman–Crippen MR) is 135 cm³/mol. The van der Waals surface area contributed by atoms with Gasteiger partial charge in [-0.05, 0) is 36.6 Å². The van der Waals surface area contributed by atoms with E-state index < -0.39 is 0 Å². The summed E-state index contributed by atoms with van der Waals surface area (Å²) < 4.78 is 15.7. The maximum Gasteiger partial charge on any atom is 0.294 e. The van der Waals surface area contributed by atoms with Crippen molar-refractivity contribution in [2.45, 2.75) is 25.9 Å². The van der Waals surface area contributed by atoms with Gasteiger partial charge in [-0.15, -0.1) is 0 Å². The zero-order chi connectivity index (χ0) is 24.2. The van der Waals surface area contributed by atoms with Gasteiger partial charge in [-0.2, -0.15) is 0 Å². The first-order valence-electron chi connectivity index (χ1n) is 11.9. The van der Waals surface area contributed by atoms with E-state index >= 15 is 0 Å². The molecule has 4 aromatic rings. The Morgan fingerprint density at radius 1 is 1.00 bits per heavy atom. The highest BCUT2D eigenvalue weighted by Crippen LogP contribution is 2.22. The first kappa shape index (κ1) is 22.8. The number of aromatic nitrogens is 2. The van der Waals surface area contributed by atoms with E-state index in [1.54, 1.807) is 22.8 Å². The number of carbonyl (C=O) groups is 1. The van der Waals surface area contributed by atoms with Gasteiger partial charge in [0.25, 0.3) is 5.56 Å². The minimum absolute atomic E-state index is 0.136. The van der Waals surface area contributed by atoms with Crippen molar-refractivity contribution in [1.29, 1.82) is 0 Å². The van der Waals surface area contributed by atoms with E-state index in [1.165, 1.54) is 6.07 Å². The number of nitrogens with one attached hydrogen (secondary N) is 1. The van der Waals surface area contributed by atoms with E-state index in [0.717, 1.165) is 23.0 Å². The Morgan fingerprint density at radius 3 is 2.57 bits per heavy atom. The second-order valence-electron chi connectivity index (χ2n) is 8.90. The molecule has 0 radical (unpaired) electrons.